The second kappa shape index (κ2) is 6.61. The average molecular weight is 284 g/mol. The Hall–Kier alpha value is -2.03. The first kappa shape index (κ1) is 13.9. The monoisotopic (exact) mass is 284 g/mol. The highest BCUT2D eigenvalue weighted by Crippen LogP contribution is 2.33. The molecule has 0 amide bonds. The summed E-state index contributed by atoms with van der Waals surface area (Å²) >= 11 is 0. The van der Waals surface area contributed by atoms with Crippen LogP contribution in [0.3, 0.4) is 0 Å². The normalized spacial score (nSPS) is 19.2. The van der Waals surface area contributed by atoms with Crippen molar-refractivity contribution in [1.29, 1.82) is 0 Å². The van der Waals surface area contributed by atoms with E-state index < -0.39 is 0 Å². The molecule has 21 heavy (non-hydrogen) atoms. The van der Waals surface area contributed by atoms with Crippen molar-refractivity contribution in [1.82, 2.24) is 0 Å². The maximum Gasteiger partial charge on any atom is 0.178 e. The molecule has 1 aromatic rings. The Labute approximate surface area is 125 Å². The number of hydrogen-bond acceptors (Lipinski definition) is 3. The van der Waals surface area contributed by atoms with Gasteiger partial charge in [0.25, 0.3) is 0 Å². The molecule has 3 rings (SSSR count). The molecule has 1 aromatic carbocycles. The lowest BCUT2D eigenvalue weighted by atomic mass is 9.84. The minimum Gasteiger partial charge on any atom is -0.295 e. The summed E-state index contributed by atoms with van der Waals surface area (Å²) in [6.45, 7) is 0. The van der Waals surface area contributed by atoms with Crippen molar-refractivity contribution in [2.24, 2.45) is 0 Å². The summed E-state index contributed by atoms with van der Waals surface area (Å²) in [6, 6.07) is 8.15. The van der Waals surface area contributed by atoms with Crippen LogP contribution in [0, 0.1) is 0 Å². The van der Waals surface area contributed by atoms with Crippen molar-refractivity contribution in [3.8, 4) is 5.75 Å². The summed E-state index contributed by atoms with van der Waals surface area (Å²) in [4.78, 5) is 21.6. The summed E-state index contributed by atoms with van der Waals surface area (Å²) in [7, 11) is 0. The van der Waals surface area contributed by atoms with E-state index in [0.29, 0.717) is 23.8 Å². The lowest BCUT2D eigenvalue weighted by molar-refractivity contribution is -0.161. The quantitative estimate of drug-likeness (QED) is 0.605. The molecule has 0 spiro atoms. The van der Waals surface area contributed by atoms with Gasteiger partial charge in [0.1, 0.15) is 0 Å². The first-order chi connectivity index (χ1) is 10.3. The van der Waals surface area contributed by atoms with Gasteiger partial charge < -0.3 is 0 Å². The van der Waals surface area contributed by atoms with Gasteiger partial charge in [-0.3, -0.25) is 14.6 Å². The topological polar surface area (TPSA) is 35.5 Å². The third-order valence-corrected chi connectivity index (χ3v) is 4.13. The number of benzene rings is 1. The molecule has 0 atom stereocenters. The molecule has 3 nitrogen and oxygen atoms in total. The lowest BCUT2D eigenvalue weighted by Gasteiger charge is -2.21. The van der Waals surface area contributed by atoms with E-state index in [2.05, 4.69) is 12.1 Å². The van der Waals surface area contributed by atoms with Crippen molar-refractivity contribution >= 4 is 5.78 Å². The lowest BCUT2D eigenvalue weighted by Crippen LogP contribution is -2.05. The molecule has 0 aliphatic heterocycles. The van der Waals surface area contributed by atoms with Gasteiger partial charge in [-0.15, -0.1) is 0 Å². The summed E-state index contributed by atoms with van der Waals surface area (Å²) in [5.74, 6) is 2.04. The predicted octanol–water partition coefficient (Wildman–Crippen LogP) is 4.46. The van der Waals surface area contributed by atoms with E-state index in [4.69, 9.17) is 9.78 Å². The summed E-state index contributed by atoms with van der Waals surface area (Å²) < 4.78 is 0. The van der Waals surface area contributed by atoms with Crippen LogP contribution in [0.2, 0.25) is 0 Å². The zero-order chi connectivity index (χ0) is 14.5. The Morgan fingerprint density at radius 1 is 0.905 bits per heavy atom. The highest BCUT2D eigenvalue weighted by atomic mass is 17.2. The van der Waals surface area contributed by atoms with Crippen LogP contribution < -0.4 is 4.89 Å². The predicted molar refractivity (Wildman–Crippen MR) is 80.8 cm³/mol. The Morgan fingerprint density at radius 3 is 2.33 bits per heavy atom. The Bertz CT molecular complexity index is 548. The smallest absolute Gasteiger partial charge is 0.178 e. The zero-order valence-corrected chi connectivity index (χ0v) is 12.1. The number of ketones is 1. The molecular weight excluding hydrogens is 264 g/mol. The first-order valence-electron chi connectivity index (χ1n) is 7.67. The minimum absolute atomic E-state index is 0.0826. The molecule has 2 aliphatic carbocycles. The fourth-order valence-corrected chi connectivity index (χ4v) is 2.90. The summed E-state index contributed by atoms with van der Waals surface area (Å²) in [5.41, 5.74) is 1.39. The van der Waals surface area contributed by atoms with Crippen LogP contribution in [0.4, 0.5) is 0 Å². The fraction of sp³-hybridized carbons (Fsp3) is 0.389. The standard InChI is InChI=1S/C18H20O3/c19-16-8-12-18(13-9-16)21-20-17-10-6-15(7-11-17)14-4-2-1-3-5-14/h6-8,10-14H,1-5,9H2. The van der Waals surface area contributed by atoms with E-state index in [1.807, 2.05) is 12.1 Å². The average Bonchev–Trinajstić information content (AvgIpc) is 2.56. The first-order valence-corrected chi connectivity index (χ1v) is 7.67. The van der Waals surface area contributed by atoms with E-state index in [-0.39, 0.29) is 5.78 Å². The van der Waals surface area contributed by atoms with Crippen LogP contribution in [-0.4, -0.2) is 5.78 Å². The minimum atomic E-state index is 0.0826. The van der Waals surface area contributed by atoms with Gasteiger partial charge in [-0.25, -0.2) is 0 Å². The van der Waals surface area contributed by atoms with Crippen LogP contribution in [0.15, 0.2) is 48.3 Å². The highest BCUT2D eigenvalue weighted by molar-refractivity contribution is 5.92. The van der Waals surface area contributed by atoms with E-state index in [9.17, 15) is 4.79 Å². The number of hydrogen-bond donors (Lipinski definition) is 0. The van der Waals surface area contributed by atoms with Crippen LogP contribution in [0.1, 0.15) is 50.0 Å². The maximum absolute atomic E-state index is 11.0. The number of rotatable bonds is 4. The van der Waals surface area contributed by atoms with Crippen LogP contribution in [0.5, 0.6) is 5.75 Å². The molecule has 0 N–H and O–H groups in total. The Morgan fingerprint density at radius 2 is 1.67 bits per heavy atom. The molecule has 0 aromatic heterocycles. The highest BCUT2D eigenvalue weighted by Gasteiger charge is 2.15. The SMILES string of the molecule is O=C1C=CC(OOc2ccc(C3CCCCC3)cc2)=CC1. The molecule has 110 valence electrons. The number of allylic oxidation sites excluding steroid dienone is 3. The molecule has 1 saturated carbocycles. The maximum atomic E-state index is 11.0. The van der Waals surface area contributed by atoms with E-state index >= 15 is 0 Å². The van der Waals surface area contributed by atoms with Gasteiger partial charge in [0, 0.05) is 6.42 Å². The van der Waals surface area contributed by atoms with Gasteiger partial charge in [0.05, 0.1) is 0 Å². The fourth-order valence-electron chi connectivity index (χ4n) is 2.90. The van der Waals surface area contributed by atoms with Gasteiger partial charge in [0.15, 0.2) is 17.3 Å². The van der Waals surface area contributed by atoms with Crippen LogP contribution >= 0.6 is 0 Å². The third kappa shape index (κ3) is 3.75. The summed E-state index contributed by atoms with van der Waals surface area (Å²) in [6.07, 6.45) is 11.9. The number of carbonyl (C=O) groups excluding carboxylic acids is 1. The Kier molecular flexibility index (Phi) is 4.39. The second-order valence-corrected chi connectivity index (χ2v) is 5.68. The number of carbonyl (C=O) groups is 1. The van der Waals surface area contributed by atoms with Gasteiger partial charge in [0.2, 0.25) is 0 Å². The second-order valence-electron chi connectivity index (χ2n) is 5.68. The van der Waals surface area contributed by atoms with E-state index in [1.165, 1.54) is 43.7 Å². The third-order valence-electron chi connectivity index (χ3n) is 4.13. The van der Waals surface area contributed by atoms with Crippen molar-refractivity contribution in [2.75, 3.05) is 0 Å². The van der Waals surface area contributed by atoms with Crippen molar-refractivity contribution in [2.45, 2.75) is 44.4 Å². The van der Waals surface area contributed by atoms with Gasteiger partial charge >= 0.3 is 0 Å². The van der Waals surface area contributed by atoms with Crippen LogP contribution in [-0.2, 0) is 9.68 Å². The molecule has 1 fully saturated rings. The molecular formula is C18H20O3. The van der Waals surface area contributed by atoms with Gasteiger partial charge in [-0.1, -0.05) is 31.4 Å². The van der Waals surface area contributed by atoms with Crippen molar-refractivity contribution < 1.29 is 14.6 Å². The van der Waals surface area contributed by atoms with E-state index in [1.54, 1.807) is 12.2 Å². The molecule has 0 radical (unpaired) electrons. The molecule has 3 heteroatoms. The Balaban J connectivity index is 1.55. The molecule has 0 saturated heterocycles. The van der Waals surface area contributed by atoms with Crippen molar-refractivity contribution in [3.63, 3.8) is 0 Å². The van der Waals surface area contributed by atoms with Crippen molar-refractivity contribution in [3.05, 3.63) is 53.8 Å². The molecule has 0 bridgehead atoms. The molecule has 0 unspecified atom stereocenters. The zero-order valence-electron chi connectivity index (χ0n) is 12.1. The van der Waals surface area contributed by atoms with Crippen LogP contribution in [0.25, 0.3) is 0 Å². The largest absolute Gasteiger partial charge is 0.295 e. The van der Waals surface area contributed by atoms with Gasteiger partial charge in [-0.05, 0) is 54.7 Å². The van der Waals surface area contributed by atoms with Gasteiger partial charge in [-0.2, -0.15) is 0 Å². The molecule has 0 heterocycles. The summed E-state index contributed by atoms with van der Waals surface area (Å²) in [5, 5.41) is 0. The molecule has 2 aliphatic rings. The van der Waals surface area contributed by atoms with E-state index in [0.717, 1.165) is 0 Å².